The summed E-state index contributed by atoms with van der Waals surface area (Å²) in [6.07, 6.45) is 0.837. The van der Waals surface area contributed by atoms with Crippen LogP contribution < -0.4 is 0 Å². The Balaban J connectivity index is 1.90. The lowest BCUT2D eigenvalue weighted by molar-refractivity contribution is 0.148. The van der Waals surface area contributed by atoms with E-state index < -0.39 is 9.84 Å². The maximum atomic E-state index is 12.2. The van der Waals surface area contributed by atoms with Gasteiger partial charge in [-0.2, -0.15) is 0 Å². The van der Waals surface area contributed by atoms with E-state index in [0.717, 1.165) is 18.6 Å². The minimum atomic E-state index is -3.30. The molecule has 1 aliphatic carbocycles. The van der Waals surface area contributed by atoms with E-state index >= 15 is 0 Å². The van der Waals surface area contributed by atoms with E-state index in [-0.39, 0.29) is 11.3 Å². The molecule has 96 valence electrons. The summed E-state index contributed by atoms with van der Waals surface area (Å²) >= 11 is 0. The Morgan fingerprint density at radius 2 is 2.06 bits per heavy atom. The van der Waals surface area contributed by atoms with E-state index in [4.69, 9.17) is 4.74 Å². The fourth-order valence-corrected chi connectivity index (χ4v) is 4.22. The molecule has 3 nitrogen and oxygen atoms in total. The van der Waals surface area contributed by atoms with Gasteiger partial charge < -0.3 is 4.74 Å². The number of sulfone groups is 1. The van der Waals surface area contributed by atoms with Crippen molar-refractivity contribution in [2.24, 2.45) is 11.3 Å². The predicted molar refractivity (Wildman–Crippen MR) is 68.7 cm³/mol. The van der Waals surface area contributed by atoms with Crippen LogP contribution in [0.25, 0.3) is 0 Å². The largest absolute Gasteiger partial charge is 0.380 e. The van der Waals surface area contributed by atoms with Crippen molar-refractivity contribution in [1.82, 2.24) is 0 Å². The number of hydrogen-bond donors (Lipinski definition) is 0. The van der Waals surface area contributed by atoms with Gasteiger partial charge in [0.05, 0.1) is 18.1 Å². The first-order chi connectivity index (χ1) is 8.51. The first-order valence-corrected chi connectivity index (χ1v) is 7.64. The molecule has 0 radical (unpaired) electrons. The Morgan fingerprint density at radius 1 is 1.33 bits per heavy atom. The second-order valence-electron chi connectivity index (χ2n) is 5.45. The third-order valence-electron chi connectivity index (χ3n) is 3.99. The maximum absolute atomic E-state index is 12.2. The molecule has 1 heterocycles. The summed E-state index contributed by atoms with van der Waals surface area (Å²) in [5.41, 5.74) is 1.18. The van der Waals surface area contributed by atoms with Crippen molar-refractivity contribution in [3.63, 3.8) is 0 Å². The molecule has 4 heteroatoms. The molecule has 0 unspecified atom stereocenters. The average Bonchev–Trinajstić information content (AvgIpc) is 2.64. The normalized spacial score (nSPS) is 33.2. The van der Waals surface area contributed by atoms with Gasteiger partial charge in [-0.15, -0.1) is 0 Å². The van der Waals surface area contributed by atoms with Crippen LogP contribution in [0.15, 0.2) is 46.2 Å². The van der Waals surface area contributed by atoms with E-state index in [9.17, 15) is 8.42 Å². The number of benzene rings is 1. The van der Waals surface area contributed by atoms with Gasteiger partial charge in [-0.3, -0.25) is 0 Å². The topological polar surface area (TPSA) is 43.4 Å². The fourth-order valence-electron chi connectivity index (χ4n) is 2.90. The van der Waals surface area contributed by atoms with Crippen molar-refractivity contribution in [3.05, 3.63) is 41.3 Å². The first kappa shape index (κ1) is 11.9. The van der Waals surface area contributed by atoms with Crippen LogP contribution in [0.5, 0.6) is 0 Å². The van der Waals surface area contributed by atoms with Crippen LogP contribution in [0.2, 0.25) is 0 Å². The average molecular weight is 264 g/mol. The lowest BCUT2D eigenvalue weighted by Crippen LogP contribution is -2.39. The highest BCUT2D eigenvalue weighted by Gasteiger charge is 2.51. The smallest absolute Gasteiger partial charge is 0.199 e. The van der Waals surface area contributed by atoms with Crippen LogP contribution in [-0.4, -0.2) is 21.6 Å². The Hall–Kier alpha value is -1.13. The van der Waals surface area contributed by atoms with Crippen molar-refractivity contribution >= 4 is 9.84 Å². The molecule has 0 amide bonds. The minimum absolute atomic E-state index is 0.165. The van der Waals surface area contributed by atoms with Crippen LogP contribution in [0.1, 0.15) is 13.3 Å². The summed E-state index contributed by atoms with van der Waals surface area (Å²) in [7, 11) is -3.30. The van der Waals surface area contributed by atoms with Crippen LogP contribution in [-0.2, 0) is 14.6 Å². The maximum Gasteiger partial charge on any atom is 0.199 e. The Labute approximate surface area is 107 Å². The van der Waals surface area contributed by atoms with Gasteiger partial charge in [0, 0.05) is 16.7 Å². The molecule has 1 saturated heterocycles. The Bertz CT molecular complexity index is 589. The van der Waals surface area contributed by atoms with Crippen molar-refractivity contribution in [1.29, 1.82) is 0 Å². The molecular weight excluding hydrogens is 248 g/mol. The van der Waals surface area contributed by atoms with Crippen LogP contribution in [0, 0.1) is 11.3 Å². The number of hydrogen-bond acceptors (Lipinski definition) is 3. The highest BCUT2D eigenvalue weighted by Crippen LogP contribution is 2.54. The van der Waals surface area contributed by atoms with Gasteiger partial charge in [0.2, 0.25) is 0 Å². The fraction of sp³-hybridized carbons (Fsp3) is 0.429. The van der Waals surface area contributed by atoms with E-state index in [1.807, 2.05) is 6.07 Å². The summed E-state index contributed by atoms with van der Waals surface area (Å²) in [5.74, 6) is 0.288. The molecular formula is C14H16O3S. The van der Waals surface area contributed by atoms with Crippen LogP contribution >= 0.6 is 0 Å². The molecule has 1 aromatic rings. The van der Waals surface area contributed by atoms with Crippen molar-refractivity contribution in [3.8, 4) is 0 Å². The number of rotatable bonds is 2. The minimum Gasteiger partial charge on any atom is -0.380 e. The third kappa shape index (κ3) is 1.80. The van der Waals surface area contributed by atoms with E-state index in [1.54, 1.807) is 24.3 Å². The summed E-state index contributed by atoms with van der Waals surface area (Å²) in [5, 5.41) is 1.45. The molecule has 0 N–H and O–H groups in total. The summed E-state index contributed by atoms with van der Waals surface area (Å²) in [6.45, 7) is 3.57. The van der Waals surface area contributed by atoms with Gasteiger partial charge in [-0.1, -0.05) is 30.7 Å². The highest BCUT2D eigenvalue weighted by atomic mass is 32.2. The number of fused-ring (bicyclic) bond motifs is 1. The standard InChI is InChI=1S/C14H16O3S/c1-14-7-11(13(14)8-17-10-14)9-18(15,16)12-5-3-2-4-6-12/h2-6,9,13H,7-8,10H2,1H3/b11-9-/t13-,14-/m1/s1. The molecule has 0 spiro atoms. The monoisotopic (exact) mass is 264 g/mol. The molecule has 0 bridgehead atoms. The van der Waals surface area contributed by atoms with Crippen LogP contribution in [0.4, 0.5) is 0 Å². The van der Waals surface area contributed by atoms with Gasteiger partial charge in [-0.25, -0.2) is 8.42 Å². The lowest BCUT2D eigenvalue weighted by Gasteiger charge is -2.42. The molecule has 2 fully saturated rings. The van der Waals surface area contributed by atoms with Crippen LogP contribution in [0.3, 0.4) is 0 Å². The van der Waals surface area contributed by atoms with Gasteiger partial charge >= 0.3 is 0 Å². The first-order valence-electron chi connectivity index (χ1n) is 6.10. The zero-order chi connectivity index (χ0) is 12.8. The Morgan fingerprint density at radius 3 is 2.72 bits per heavy atom. The van der Waals surface area contributed by atoms with E-state index in [0.29, 0.717) is 11.5 Å². The molecule has 2 aliphatic rings. The van der Waals surface area contributed by atoms with Crippen molar-refractivity contribution in [2.75, 3.05) is 13.2 Å². The molecule has 2 atom stereocenters. The second-order valence-corrected chi connectivity index (χ2v) is 7.25. The quantitative estimate of drug-likeness (QED) is 0.824. The van der Waals surface area contributed by atoms with Gasteiger partial charge in [-0.05, 0) is 18.6 Å². The molecule has 18 heavy (non-hydrogen) atoms. The van der Waals surface area contributed by atoms with Crippen molar-refractivity contribution in [2.45, 2.75) is 18.2 Å². The Kier molecular flexibility index (Phi) is 2.61. The summed E-state index contributed by atoms with van der Waals surface area (Å²) in [4.78, 5) is 0.366. The summed E-state index contributed by atoms with van der Waals surface area (Å²) in [6, 6.07) is 8.58. The molecule has 1 saturated carbocycles. The third-order valence-corrected chi connectivity index (χ3v) is 5.53. The van der Waals surface area contributed by atoms with Gasteiger partial charge in [0.15, 0.2) is 9.84 Å². The van der Waals surface area contributed by atoms with Gasteiger partial charge in [0.25, 0.3) is 0 Å². The molecule has 1 aromatic carbocycles. The molecule has 3 rings (SSSR count). The number of ether oxygens (including phenoxy) is 1. The highest BCUT2D eigenvalue weighted by molar-refractivity contribution is 7.94. The summed E-state index contributed by atoms with van der Waals surface area (Å²) < 4.78 is 29.9. The van der Waals surface area contributed by atoms with Gasteiger partial charge in [0.1, 0.15) is 0 Å². The molecule has 1 aliphatic heterocycles. The predicted octanol–water partition coefficient (Wildman–Crippen LogP) is 2.40. The lowest BCUT2D eigenvalue weighted by atomic mass is 9.61. The van der Waals surface area contributed by atoms with E-state index in [2.05, 4.69) is 6.92 Å². The molecule has 0 aromatic heterocycles. The zero-order valence-electron chi connectivity index (χ0n) is 10.3. The zero-order valence-corrected chi connectivity index (χ0v) is 11.1. The van der Waals surface area contributed by atoms with E-state index in [1.165, 1.54) is 5.41 Å². The SMILES string of the molecule is C[C@@]12COC[C@@H]1/C(=C\S(=O)(=O)c1ccccc1)C2. The van der Waals surface area contributed by atoms with Crippen molar-refractivity contribution < 1.29 is 13.2 Å². The second kappa shape index (κ2) is 3.93.